The zero-order valence-electron chi connectivity index (χ0n) is 9.87. The monoisotopic (exact) mass is 230 g/mol. The Balaban J connectivity index is 3.59. The number of nitrogens with one attached hydrogen (secondary N) is 1. The van der Waals surface area contributed by atoms with Gasteiger partial charge in [0.2, 0.25) is 5.91 Å². The zero-order chi connectivity index (χ0) is 12.4. The number of amides is 1. The van der Waals surface area contributed by atoms with E-state index in [2.05, 4.69) is 5.32 Å². The second-order valence-electron chi connectivity index (χ2n) is 3.85. The third-order valence-corrected chi connectivity index (χ3v) is 2.50. The average Bonchev–Trinajstić information content (AvgIpc) is 2.25. The molecule has 0 rings (SSSR count). The SMILES string of the molecule is CCC(CNC(=O)CCCCCN)C(=O)O. The number of nitrogens with two attached hydrogens (primary N) is 1. The van der Waals surface area contributed by atoms with Gasteiger partial charge >= 0.3 is 5.97 Å². The number of hydrogen-bond donors (Lipinski definition) is 3. The van der Waals surface area contributed by atoms with E-state index in [0.717, 1.165) is 19.3 Å². The highest BCUT2D eigenvalue weighted by atomic mass is 16.4. The van der Waals surface area contributed by atoms with Crippen molar-refractivity contribution < 1.29 is 14.7 Å². The minimum Gasteiger partial charge on any atom is -0.481 e. The van der Waals surface area contributed by atoms with Gasteiger partial charge in [-0.3, -0.25) is 9.59 Å². The van der Waals surface area contributed by atoms with E-state index in [0.29, 0.717) is 19.4 Å². The molecule has 5 heteroatoms. The van der Waals surface area contributed by atoms with Crippen molar-refractivity contribution in [3.63, 3.8) is 0 Å². The van der Waals surface area contributed by atoms with Crippen LogP contribution >= 0.6 is 0 Å². The number of unbranched alkanes of at least 4 members (excludes halogenated alkanes) is 2. The van der Waals surface area contributed by atoms with Crippen molar-refractivity contribution in [1.82, 2.24) is 5.32 Å². The Bertz CT molecular complexity index is 219. The Kier molecular flexibility index (Phi) is 8.52. The maximum absolute atomic E-state index is 11.3. The van der Waals surface area contributed by atoms with Crippen LogP contribution in [0.25, 0.3) is 0 Å². The largest absolute Gasteiger partial charge is 0.481 e. The molecule has 0 bridgehead atoms. The van der Waals surface area contributed by atoms with Gasteiger partial charge in [-0.2, -0.15) is 0 Å². The van der Waals surface area contributed by atoms with Crippen LogP contribution in [0.2, 0.25) is 0 Å². The molecule has 0 saturated carbocycles. The Morgan fingerprint density at radius 3 is 2.50 bits per heavy atom. The van der Waals surface area contributed by atoms with Crippen molar-refractivity contribution in [1.29, 1.82) is 0 Å². The summed E-state index contributed by atoms with van der Waals surface area (Å²) in [5.74, 6) is -1.41. The van der Waals surface area contributed by atoms with E-state index in [9.17, 15) is 9.59 Å². The summed E-state index contributed by atoms with van der Waals surface area (Å²) in [4.78, 5) is 22.0. The van der Waals surface area contributed by atoms with Crippen LogP contribution in [-0.2, 0) is 9.59 Å². The summed E-state index contributed by atoms with van der Waals surface area (Å²) < 4.78 is 0. The van der Waals surface area contributed by atoms with Gasteiger partial charge in [0.1, 0.15) is 0 Å². The molecule has 0 aromatic heterocycles. The molecule has 5 nitrogen and oxygen atoms in total. The molecule has 0 fully saturated rings. The lowest BCUT2D eigenvalue weighted by Crippen LogP contribution is -2.32. The van der Waals surface area contributed by atoms with Crippen molar-refractivity contribution in [2.45, 2.75) is 39.0 Å². The highest BCUT2D eigenvalue weighted by Gasteiger charge is 2.15. The van der Waals surface area contributed by atoms with E-state index in [4.69, 9.17) is 10.8 Å². The lowest BCUT2D eigenvalue weighted by Gasteiger charge is -2.10. The van der Waals surface area contributed by atoms with Gasteiger partial charge < -0.3 is 16.2 Å². The van der Waals surface area contributed by atoms with Gasteiger partial charge in [0, 0.05) is 13.0 Å². The highest BCUT2D eigenvalue weighted by molar-refractivity contribution is 5.77. The number of carboxylic acid groups (broad SMARTS) is 1. The topological polar surface area (TPSA) is 92.4 Å². The highest BCUT2D eigenvalue weighted by Crippen LogP contribution is 2.02. The molecule has 0 aromatic carbocycles. The summed E-state index contributed by atoms with van der Waals surface area (Å²) in [6.45, 7) is 2.67. The minimum atomic E-state index is -0.856. The van der Waals surface area contributed by atoms with Crippen molar-refractivity contribution in [2.24, 2.45) is 11.7 Å². The fraction of sp³-hybridized carbons (Fsp3) is 0.818. The van der Waals surface area contributed by atoms with E-state index < -0.39 is 11.9 Å². The number of carbonyl (C=O) groups is 2. The summed E-state index contributed by atoms with van der Waals surface area (Å²) >= 11 is 0. The maximum Gasteiger partial charge on any atom is 0.308 e. The molecule has 0 aliphatic rings. The molecule has 4 N–H and O–H groups in total. The smallest absolute Gasteiger partial charge is 0.308 e. The molecule has 1 amide bonds. The standard InChI is InChI=1S/C11H22N2O3/c1-2-9(11(15)16)8-13-10(14)6-4-3-5-7-12/h9H,2-8,12H2,1H3,(H,13,14)(H,15,16). The Hall–Kier alpha value is -1.10. The van der Waals surface area contributed by atoms with Crippen LogP contribution in [0.4, 0.5) is 0 Å². The van der Waals surface area contributed by atoms with Crippen molar-refractivity contribution in [3.05, 3.63) is 0 Å². The molecular formula is C11H22N2O3. The molecule has 1 atom stereocenters. The first-order valence-corrected chi connectivity index (χ1v) is 5.81. The second-order valence-corrected chi connectivity index (χ2v) is 3.85. The number of rotatable bonds is 9. The molecule has 1 unspecified atom stereocenters. The van der Waals surface area contributed by atoms with E-state index >= 15 is 0 Å². The molecule has 0 spiro atoms. The molecular weight excluding hydrogens is 208 g/mol. The van der Waals surface area contributed by atoms with E-state index in [-0.39, 0.29) is 12.5 Å². The molecule has 0 aromatic rings. The van der Waals surface area contributed by atoms with Crippen LogP contribution in [0.15, 0.2) is 0 Å². The van der Waals surface area contributed by atoms with Gasteiger partial charge in [-0.1, -0.05) is 13.3 Å². The van der Waals surface area contributed by atoms with Gasteiger partial charge in [-0.25, -0.2) is 0 Å². The first-order valence-electron chi connectivity index (χ1n) is 5.81. The summed E-state index contributed by atoms with van der Waals surface area (Å²) in [5.41, 5.74) is 5.33. The van der Waals surface area contributed by atoms with Crippen LogP contribution in [0.1, 0.15) is 39.0 Å². The molecule has 0 aliphatic heterocycles. The number of hydrogen-bond acceptors (Lipinski definition) is 3. The average molecular weight is 230 g/mol. The normalized spacial score (nSPS) is 12.1. The number of carbonyl (C=O) groups excluding carboxylic acids is 1. The fourth-order valence-electron chi connectivity index (χ4n) is 1.34. The van der Waals surface area contributed by atoms with E-state index in [1.807, 2.05) is 0 Å². The Labute approximate surface area is 96.4 Å². The van der Waals surface area contributed by atoms with Crippen molar-refractivity contribution in [2.75, 3.05) is 13.1 Å². The summed E-state index contributed by atoms with van der Waals surface area (Å²) in [7, 11) is 0. The van der Waals surface area contributed by atoms with Crippen LogP contribution in [-0.4, -0.2) is 30.1 Å². The predicted molar refractivity (Wildman–Crippen MR) is 61.9 cm³/mol. The van der Waals surface area contributed by atoms with E-state index in [1.165, 1.54) is 0 Å². The van der Waals surface area contributed by atoms with Crippen molar-refractivity contribution in [3.8, 4) is 0 Å². The Morgan fingerprint density at radius 2 is 2.00 bits per heavy atom. The molecule has 0 saturated heterocycles. The maximum atomic E-state index is 11.3. The van der Waals surface area contributed by atoms with Crippen LogP contribution in [0.3, 0.4) is 0 Å². The van der Waals surface area contributed by atoms with Crippen LogP contribution < -0.4 is 11.1 Å². The van der Waals surface area contributed by atoms with Gasteiger partial charge in [0.25, 0.3) is 0 Å². The zero-order valence-corrected chi connectivity index (χ0v) is 9.87. The lowest BCUT2D eigenvalue weighted by atomic mass is 10.1. The summed E-state index contributed by atoms with van der Waals surface area (Å²) in [6.07, 6.45) is 3.67. The molecule has 94 valence electrons. The van der Waals surface area contributed by atoms with Gasteiger partial charge in [0.05, 0.1) is 5.92 Å². The quantitative estimate of drug-likeness (QED) is 0.509. The molecule has 0 aliphatic carbocycles. The third-order valence-electron chi connectivity index (χ3n) is 2.50. The minimum absolute atomic E-state index is 0.0725. The first kappa shape index (κ1) is 14.9. The van der Waals surface area contributed by atoms with Gasteiger partial charge in [-0.15, -0.1) is 0 Å². The van der Waals surface area contributed by atoms with Gasteiger partial charge in [-0.05, 0) is 25.8 Å². The van der Waals surface area contributed by atoms with Crippen molar-refractivity contribution >= 4 is 11.9 Å². The first-order chi connectivity index (χ1) is 7.61. The third kappa shape index (κ3) is 7.23. The van der Waals surface area contributed by atoms with Crippen LogP contribution in [0, 0.1) is 5.92 Å². The summed E-state index contributed by atoms with van der Waals surface area (Å²) in [5, 5.41) is 11.4. The fourth-order valence-corrected chi connectivity index (χ4v) is 1.34. The van der Waals surface area contributed by atoms with Crippen LogP contribution in [0.5, 0.6) is 0 Å². The number of aliphatic carboxylic acids is 1. The Morgan fingerprint density at radius 1 is 1.31 bits per heavy atom. The predicted octanol–water partition coefficient (Wildman–Crippen LogP) is 0.733. The van der Waals surface area contributed by atoms with E-state index in [1.54, 1.807) is 6.92 Å². The second kappa shape index (κ2) is 9.15. The van der Waals surface area contributed by atoms with Gasteiger partial charge in [0.15, 0.2) is 0 Å². The molecule has 16 heavy (non-hydrogen) atoms. The molecule has 0 heterocycles. The lowest BCUT2D eigenvalue weighted by molar-refractivity contribution is -0.141. The summed E-state index contributed by atoms with van der Waals surface area (Å²) in [6, 6.07) is 0. The molecule has 0 radical (unpaired) electrons. The number of carboxylic acids is 1.